The van der Waals surface area contributed by atoms with Gasteiger partial charge in [-0.05, 0) is 44.2 Å². The van der Waals surface area contributed by atoms with E-state index >= 15 is 0 Å². The van der Waals surface area contributed by atoms with Crippen molar-refractivity contribution in [1.29, 1.82) is 0 Å². The topological polar surface area (TPSA) is 73.9 Å². The molecule has 1 atom stereocenters. The van der Waals surface area contributed by atoms with Crippen LogP contribution >= 0.6 is 0 Å². The Hall–Kier alpha value is -2.41. The molecule has 0 unspecified atom stereocenters. The molecule has 1 heterocycles. The Morgan fingerprint density at radius 1 is 1.24 bits per heavy atom. The van der Waals surface area contributed by atoms with Crippen molar-refractivity contribution in [3.05, 3.63) is 42.0 Å². The zero-order valence-corrected chi connectivity index (χ0v) is 15.2. The minimum absolute atomic E-state index is 0.0675. The van der Waals surface area contributed by atoms with Crippen LogP contribution in [0.1, 0.15) is 19.4 Å². The Bertz CT molecular complexity index is 862. The maximum atomic E-state index is 12.7. The normalized spacial score (nSPS) is 16.0. The number of hydrogen-bond acceptors (Lipinski definition) is 5. The van der Waals surface area contributed by atoms with Gasteiger partial charge in [-0.3, -0.25) is 4.72 Å². The van der Waals surface area contributed by atoms with Gasteiger partial charge < -0.3 is 14.2 Å². The van der Waals surface area contributed by atoms with E-state index in [0.29, 0.717) is 29.5 Å². The van der Waals surface area contributed by atoms with Gasteiger partial charge in [-0.15, -0.1) is 0 Å². The standard InChI is InChI=1S/C18H21NO5S/c1-4-23-18-10-13-9-12(2)24-17(13)11-16(18)19-25(20,21)15-7-5-14(22-3)6-8-15/h5-8,10-12,19H,4,9H2,1-3H3/t12-/m0/s1. The molecule has 2 aromatic rings. The summed E-state index contributed by atoms with van der Waals surface area (Å²) < 4.78 is 44.3. The van der Waals surface area contributed by atoms with E-state index in [0.717, 1.165) is 12.0 Å². The number of benzene rings is 2. The summed E-state index contributed by atoms with van der Waals surface area (Å²) in [4.78, 5) is 0.144. The molecule has 0 bridgehead atoms. The first kappa shape index (κ1) is 17.4. The molecule has 7 heteroatoms. The largest absolute Gasteiger partial charge is 0.497 e. The smallest absolute Gasteiger partial charge is 0.262 e. The van der Waals surface area contributed by atoms with Gasteiger partial charge in [0.1, 0.15) is 23.4 Å². The Balaban J connectivity index is 1.94. The first-order valence-corrected chi connectivity index (χ1v) is 9.54. The lowest BCUT2D eigenvalue weighted by molar-refractivity contribution is 0.254. The summed E-state index contributed by atoms with van der Waals surface area (Å²) in [5, 5.41) is 0. The van der Waals surface area contributed by atoms with Gasteiger partial charge in [0, 0.05) is 18.1 Å². The van der Waals surface area contributed by atoms with Crippen LogP contribution in [0.3, 0.4) is 0 Å². The maximum Gasteiger partial charge on any atom is 0.262 e. The van der Waals surface area contributed by atoms with E-state index in [2.05, 4.69) is 4.72 Å². The molecular formula is C18H21NO5S. The highest BCUT2D eigenvalue weighted by Gasteiger charge is 2.24. The number of ether oxygens (including phenoxy) is 3. The Morgan fingerprint density at radius 3 is 2.60 bits per heavy atom. The highest BCUT2D eigenvalue weighted by atomic mass is 32.2. The Labute approximate surface area is 147 Å². The van der Waals surface area contributed by atoms with Crippen LogP contribution in [0.15, 0.2) is 41.3 Å². The van der Waals surface area contributed by atoms with Crippen LogP contribution in [-0.4, -0.2) is 28.2 Å². The first-order valence-electron chi connectivity index (χ1n) is 8.06. The van der Waals surface area contributed by atoms with Crippen molar-refractivity contribution < 1.29 is 22.6 Å². The number of fused-ring (bicyclic) bond motifs is 1. The van der Waals surface area contributed by atoms with Gasteiger partial charge in [0.05, 0.1) is 24.3 Å². The average molecular weight is 363 g/mol. The summed E-state index contributed by atoms with van der Waals surface area (Å²) in [7, 11) is -2.22. The molecule has 0 saturated carbocycles. The van der Waals surface area contributed by atoms with Crippen LogP contribution in [0.5, 0.6) is 17.2 Å². The highest BCUT2D eigenvalue weighted by molar-refractivity contribution is 7.92. The van der Waals surface area contributed by atoms with Crippen LogP contribution in [0.25, 0.3) is 0 Å². The second kappa shape index (κ2) is 6.84. The number of rotatable bonds is 6. The molecule has 0 saturated heterocycles. The second-order valence-corrected chi connectivity index (χ2v) is 7.49. The van der Waals surface area contributed by atoms with Crippen LogP contribution < -0.4 is 18.9 Å². The molecule has 3 rings (SSSR count). The molecule has 0 radical (unpaired) electrons. The fourth-order valence-corrected chi connectivity index (χ4v) is 3.81. The van der Waals surface area contributed by atoms with Crippen molar-refractivity contribution >= 4 is 15.7 Å². The van der Waals surface area contributed by atoms with Crippen molar-refractivity contribution in [3.8, 4) is 17.2 Å². The molecule has 1 aliphatic heterocycles. The number of sulfonamides is 1. The number of methoxy groups -OCH3 is 1. The number of anilines is 1. The van der Waals surface area contributed by atoms with Crippen LogP contribution in [0.2, 0.25) is 0 Å². The minimum Gasteiger partial charge on any atom is -0.497 e. The maximum absolute atomic E-state index is 12.7. The van der Waals surface area contributed by atoms with Crippen molar-refractivity contribution in [1.82, 2.24) is 0 Å². The molecule has 0 aliphatic carbocycles. The van der Waals surface area contributed by atoms with Gasteiger partial charge >= 0.3 is 0 Å². The average Bonchev–Trinajstić information content (AvgIpc) is 2.94. The van der Waals surface area contributed by atoms with E-state index in [1.807, 2.05) is 19.9 Å². The lowest BCUT2D eigenvalue weighted by atomic mass is 10.1. The second-order valence-electron chi connectivity index (χ2n) is 5.80. The van der Waals surface area contributed by atoms with E-state index in [1.165, 1.54) is 19.2 Å². The Morgan fingerprint density at radius 2 is 1.96 bits per heavy atom. The van der Waals surface area contributed by atoms with Gasteiger partial charge in [0.2, 0.25) is 0 Å². The highest BCUT2D eigenvalue weighted by Crippen LogP contribution is 2.38. The van der Waals surface area contributed by atoms with Gasteiger partial charge in [-0.2, -0.15) is 0 Å². The lowest BCUT2D eigenvalue weighted by Crippen LogP contribution is -2.14. The fourth-order valence-electron chi connectivity index (χ4n) is 2.75. The Kier molecular flexibility index (Phi) is 4.76. The molecular weight excluding hydrogens is 342 g/mol. The van der Waals surface area contributed by atoms with E-state index in [-0.39, 0.29) is 11.0 Å². The third-order valence-corrected chi connectivity index (χ3v) is 5.29. The summed E-state index contributed by atoms with van der Waals surface area (Å²) in [5.41, 5.74) is 1.38. The van der Waals surface area contributed by atoms with Gasteiger partial charge in [0.15, 0.2) is 0 Å². The summed E-state index contributed by atoms with van der Waals surface area (Å²) in [6.45, 7) is 4.27. The lowest BCUT2D eigenvalue weighted by Gasteiger charge is -2.15. The summed E-state index contributed by atoms with van der Waals surface area (Å²) in [5.74, 6) is 1.77. The molecule has 134 valence electrons. The zero-order chi connectivity index (χ0) is 18.0. The van der Waals surface area contributed by atoms with Crippen molar-refractivity contribution in [2.75, 3.05) is 18.4 Å². The molecule has 0 fully saturated rings. The third-order valence-electron chi connectivity index (χ3n) is 3.91. The van der Waals surface area contributed by atoms with E-state index in [1.54, 1.807) is 18.2 Å². The van der Waals surface area contributed by atoms with Gasteiger partial charge in [0.25, 0.3) is 10.0 Å². The predicted octanol–water partition coefficient (Wildman–Crippen LogP) is 3.22. The minimum atomic E-state index is -3.75. The molecule has 6 nitrogen and oxygen atoms in total. The predicted molar refractivity (Wildman–Crippen MR) is 95.2 cm³/mol. The summed E-state index contributed by atoms with van der Waals surface area (Å²) in [6, 6.07) is 9.72. The summed E-state index contributed by atoms with van der Waals surface area (Å²) >= 11 is 0. The quantitative estimate of drug-likeness (QED) is 0.853. The molecule has 0 aromatic heterocycles. The molecule has 1 aliphatic rings. The molecule has 0 spiro atoms. The van der Waals surface area contributed by atoms with Crippen LogP contribution in [0, 0.1) is 0 Å². The summed E-state index contributed by atoms with van der Waals surface area (Å²) in [6.07, 6.45) is 0.846. The molecule has 25 heavy (non-hydrogen) atoms. The van der Waals surface area contributed by atoms with Gasteiger partial charge in [-0.1, -0.05) is 0 Å². The van der Waals surface area contributed by atoms with E-state index in [4.69, 9.17) is 14.2 Å². The van der Waals surface area contributed by atoms with Crippen LogP contribution in [-0.2, 0) is 16.4 Å². The zero-order valence-electron chi connectivity index (χ0n) is 14.4. The number of hydrogen-bond donors (Lipinski definition) is 1. The monoisotopic (exact) mass is 363 g/mol. The SMILES string of the molecule is CCOc1cc2c(cc1NS(=O)(=O)c1ccc(OC)cc1)O[C@@H](C)C2. The number of nitrogens with one attached hydrogen (secondary N) is 1. The molecule has 2 aromatic carbocycles. The van der Waals surface area contributed by atoms with Crippen LogP contribution in [0.4, 0.5) is 5.69 Å². The molecule has 1 N–H and O–H groups in total. The van der Waals surface area contributed by atoms with Crippen molar-refractivity contribution in [2.45, 2.75) is 31.3 Å². The first-order chi connectivity index (χ1) is 11.9. The fraction of sp³-hybridized carbons (Fsp3) is 0.333. The van der Waals surface area contributed by atoms with E-state index in [9.17, 15) is 8.42 Å². The van der Waals surface area contributed by atoms with E-state index < -0.39 is 10.0 Å². The van der Waals surface area contributed by atoms with Crippen molar-refractivity contribution in [2.24, 2.45) is 0 Å². The van der Waals surface area contributed by atoms with Crippen molar-refractivity contribution in [3.63, 3.8) is 0 Å². The third kappa shape index (κ3) is 3.66. The van der Waals surface area contributed by atoms with Gasteiger partial charge in [-0.25, -0.2) is 8.42 Å². The molecule has 0 amide bonds.